The van der Waals surface area contributed by atoms with E-state index in [1.165, 1.54) is 11.1 Å². The van der Waals surface area contributed by atoms with Crippen LogP contribution in [0.5, 0.6) is 5.75 Å². The normalized spacial score (nSPS) is 16.2. The Labute approximate surface area is 190 Å². The summed E-state index contributed by atoms with van der Waals surface area (Å²) in [6.45, 7) is 6.32. The predicted octanol–water partition coefficient (Wildman–Crippen LogP) is 3.27. The zero-order chi connectivity index (χ0) is 22.2. The fourth-order valence-corrected chi connectivity index (χ4v) is 4.01. The second-order valence-electron chi connectivity index (χ2n) is 7.99. The molecule has 0 aliphatic carbocycles. The van der Waals surface area contributed by atoms with Crippen molar-refractivity contribution in [3.05, 3.63) is 78.4 Å². The zero-order valence-electron chi connectivity index (χ0n) is 18.9. The van der Waals surface area contributed by atoms with E-state index in [1.807, 2.05) is 24.7 Å². The SMILES string of the molecule is CCNC(=NCc1ccc(Cn2ccnc2)cc1)NC1CCN(c2ccccc2OC)C1. The van der Waals surface area contributed by atoms with Gasteiger partial charge in [-0.25, -0.2) is 9.98 Å². The number of rotatable bonds is 8. The Balaban J connectivity index is 1.34. The Hall–Kier alpha value is -3.48. The van der Waals surface area contributed by atoms with Gasteiger partial charge >= 0.3 is 0 Å². The van der Waals surface area contributed by atoms with E-state index < -0.39 is 0 Å². The van der Waals surface area contributed by atoms with E-state index in [0.29, 0.717) is 12.6 Å². The van der Waals surface area contributed by atoms with E-state index in [2.05, 4.69) is 68.4 Å². The van der Waals surface area contributed by atoms with Crippen LogP contribution in [0.2, 0.25) is 0 Å². The number of ether oxygens (including phenoxy) is 1. The summed E-state index contributed by atoms with van der Waals surface area (Å²) in [4.78, 5) is 11.3. The number of nitrogens with zero attached hydrogens (tertiary/aromatic N) is 4. The molecule has 1 unspecified atom stereocenters. The van der Waals surface area contributed by atoms with Crippen LogP contribution in [0.15, 0.2) is 72.2 Å². The van der Waals surface area contributed by atoms with Crippen LogP contribution in [-0.4, -0.2) is 48.3 Å². The van der Waals surface area contributed by atoms with Crippen molar-refractivity contribution >= 4 is 11.6 Å². The molecule has 2 aromatic carbocycles. The quantitative estimate of drug-likeness (QED) is 0.422. The van der Waals surface area contributed by atoms with Crippen molar-refractivity contribution in [3.63, 3.8) is 0 Å². The standard InChI is InChI=1S/C25H32N6O/c1-3-27-25(28-16-20-8-10-21(11-9-20)17-30-15-13-26-19-30)29-22-12-14-31(18-22)23-6-4-5-7-24(23)32-2/h4-11,13,15,19,22H,3,12,14,16-18H2,1-2H3,(H2,27,28,29). The predicted molar refractivity (Wildman–Crippen MR) is 129 cm³/mol. The third kappa shape index (κ3) is 5.60. The highest BCUT2D eigenvalue weighted by molar-refractivity contribution is 5.80. The molecule has 168 valence electrons. The largest absolute Gasteiger partial charge is 0.495 e. The summed E-state index contributed by atoms with van der Waals surface area (Å²) in [6, 6.07) is 17.2. The summed E-state index contributed by atoms with van der Waals surface area (Å²) < 4.78 is 7.60. The smallest absolute Gasteiger partial charge is 0.191 e. The van der Waals surface area contributed by atoms with E-state index >= 15 is 0 Å². The summed E-state index contributed by atoms with van der Waals surface area (Å²) in [6.07, 6.45) is 6.68. The van der Waals surface area contributed by atoms with Gasteiger partial charge in [0, 0.05) is 44.6 Å². The van der Waals surface area contributed by atoms with E-state index in [0.717, 1.165) is 50.0 Å². The molecule has 1 atom stereocenters. The molecular weight excluding hydrogens is 400 g/mol. The molecule has 3 aromatic rings. The molecule has 0 saturated carbocycles. The molecule has 0 radical (unpaired) electrons. The Morgan fingerprint density at radius 3 is 2.72 bits per heavy atom. The third-order valence-corrected chi connectivity index (χ3v) is 5.67. The van der Waals surface area contributed by atoms with Crippen molar-refractivity contribution in [1.29, 1.82) is 0 Å². The second-order valence-corrected chi connectivity index (χ2v) is 7.99. The Kier molecular flexibility index (Phi) is 7.27. The minimum Gasteiger partial charge on any atom is -0.495 e. The van der Waals surface area contributed by atoms with Crippen LogP contribution in [0.1, 0.15) is 24.5 Å². The molecule has 0 spiro atoms. The molecule has 0 amide bonds. The first-order chi connectivity index (χ1) is 15.7. The van der Waals surface area contributed by atoms with Gasteiger partial charge in [0.05, 0.1) is 25.7 Å². The maximum atomic E-state index is 5.54. The molecule has 1 saturated heterocycles. The van der Waals surface area contributed by atoms with Gasteiger partial charge in [0.1, 0.15) is 5.75 Å². The van der Waals surface area contributed by atoms with Gasteiger partial charge < -0.3 is 24.8 Å². The summed E-state index contributed by atoms with van der Waals surface area (Å²) >= 11 is 0. The maximum absolute atomic E-state index is 5.54. The summed E-state index contributed by atoms with van der Waals surface area (Å²) in [5.74, 6) is 1.78. The number of aromatic nitrogens is 2. The number of aliphatic imine (C=N–C) groups is 1. The molecule has 1 aliphatic heterocycles. The second kappa shape index (κ2) is 10.7. The topological polar surface area (TPSA) is 66.7 Å². The zero-order valence-corrected chi connectivity index (χ0v) is 18.9. The summed E-state index contributed by atoms with van der Waals surface area (Å²) in [5.41, 5.74) is 3.60. The number of guanidine groups is 1. The number of benzene rings is 2. The van der Waals surface area contributed by atoms with E-state index in [9.17, 15) is 0 Å². The molecule has 7 heteroatoms. The van der Waals surface area contributed by atoms with E-state index in [-0.39, 0.29) is 0 Å². The number of hydrogen-bond acceptors (Lipinski definition) is 4. The van der Waals surface area contributed by atoms with Crippen molar-refractivity contribution in [3.8, 4) is 5.75 Å². The first-order valence-corrected chi connectivity index (χ1v) is 11.2. The van der Waals surface area contributed by atoms with Gasteiger partial charge in [0.25, 0.3) is 0 Å². The first-order valence-electron chi connectivity index (χ1n) is 11.2. The number of methoxy groups -OCH3 is 1. The maximum Gasteiger partial charge on any atom is 0.191 e. The lowest BCUT2D eigenvalue weighted by atomic mass is 10.1. The lowest BCUT2D eigenvalue weighted by Crippen LogP contribution is -2.44. The van der Waals surface area contributed by atoms with Crippen molar-refractivity contribution < 1.29 is 4.74 Å². The highest BCUT2D eigenvalue weighted by Gasteiger charge is 2.25. The van der Waals surface area contributed by atoms with Crippen molar-refractivity contribution in [2.75, 3.05) is 31.6 Å². The number of nitrogens with one attached hydrogen (secondary N) is 2. The van der Waals surface area contributed by atoms with E-state index in [4.69, 9.17) is 9.73 Å². The molecule has 7 nitrogen and oxygen atoms in total. The minimum atomic E-state index is 0.343. The monoisotopic (exact) mass is 432 g/mol. The number of para-hydroxylation sites is 2. The van der Waals surface area contributed by atoms with Gasteiger partial charge in [-0.2, -0.15) is 0 Å². The molecule has 32 heavy (non-hydrogen) atoms. The lowest BCUT2D eigenvalue weighted by molar-refractivity contribution is 0.415. The minimum absolute atomic E-state index is 0.343. The van der Waals surface area contributed by atoms with Gasteiger partial charge in [-0.1, -0.05) is 36.4 Å². The van der Waals surface area contributed by atoms with Gasteiger partial charge in [-0.3, -0.25) is 0 Å². The Bertz CT molecular complexity index is 1000. The van der Waals surface area contributed by atoms with Crippen LogP contribution < -0.4 is 20.3 Å². The molecule has 1 fully saturated rings. The lowest BCUT2D eigenvalue weighted by Gasteiger charge is -2.22. The fraction of sp³-hybridized carbons (Fsp3) is 0.360. The van der Waals surface area contributed by atoms with Crippen LogP contribution in [-0.2, 0) is 13.1 Å². The van der Waals surface area contributed by atoms with Crippen LogP contribution in [0.25, 0.3) is 0 Å². The summed E-state index contributed by atoms with van der Waals surface area (Å²) in [7, 11) is 1.73. The molecule has 4 rings (SSSR count). The molecule has 2 heterocycles. The summed E-state index contributed by atoms with van der Waals surface area (Å²) in [5, 5.41) is 6.99. The van der Waals surface area contributed by atoms with Gasteiger partial charge in [-0.05, 0) is 36.6 Å². The molecular formula is C25H32N6O. The van der Waals surface area contributed by atoms with Crippen LogP contribution in [0.4, 0.5) is 5.69 Å². The van der Waals surface area contributed by atoms with Crippen LogP contribution in [0.3, 0.4) is 0 Å². The van der Waals surface area contributed by atoms with Crippen LogP contribution in [0, 0.1) is 0 Å². The van der Waals surface area contributed by atoms with Gasteiger partial charge in [-0.15, -0.1) is 0 Å². The number of imidazole rings is 1. The van der Waals surface area contributed by atoms with Gasteiger partial charge in [0.15, 0.2) is 5.96 Å². The van der Waals surface area contributed by atoms with Gasteiger partial charge in [0.2, 0.25) is 0 Å². The highest BCUT2D eigenvalue weighted by Crippen LogP contribution is 2.30. The first kappa shape index (κ1) is 21.7. The number of anilines is 1. The highest BCUT2D eigenvalue weighted by atomic mass is 16.5. The van der Waals surface area contributed by atoms with Crippen LogP contribution >= 0.6 is 0 Å². The fourth-order valence-electron chi connectivity index (χ4n) is 4.01. The molecule has 1 aromatic heterocycles. The average Bonchev–Trinajstić information content (AvgIpc) is 3.51. The average molecular weight is 433 g/mol. The Morgan fingerprint density at radius 2 is 1.97 bits per heavy atom. The van der Waals surface area contributed by atoms with Crippen molar-refractivity contribution in [1.82, 2.24) is 20.2 Å². The molecule has 1 aliphatic rings. The van der Waals surface area contributed by atoms with Crippen molar-refractivity contribution in [2.45, 2.75) is 32.5 Å². The van der Waals surface area contributed by atoms with Crippen molar-refractivity contribution in [2.24, 2.45) is 4.99 Å². The third-order valence-electron chi connectivity index (χ3n) is 5.67. The molecule has 2 N–H and O–H groups in total. The number of hydrogen-bond donors (Lipinski definition) is 2. The Morgan fingerprint density at radius 1 is 1.16 bits per heavy atom. The van der Waals surface area contributed by atoms with E-state index in [1.54, 1.807) is 13.3 Å². The molecule has 0 bridgehead atoms.